The normalized spacial score (nSPS) is 11.1. The maximum atomic E-state index is 11.7. The van der Waals surface area contributed by atoms with Crippen LogP contribution in [-0.2, 0) is 16.1 Å². The van der Waals surface area contributed by atoms with Crippen LogP contribution < -0.4 is 0 Å². The number of aromatic nitrogens is 1. The SMILES string of the molecule is COC(=O)C(C)(C)N(C)Cc1ccnc(C#N)c1. The molecular weight excluding hydrogens is 230 g/mol. The lowest BCUT2D eigenvalue weighted by molar-refractivity contribution is -0.152. The molecule has 1 aromatic rings. The lowest BCUT2D eigenvalue weighted by Gasteiger charge is -2.32. The smallest absolute Gasteiger partial charge is 0.325 e. The van der Waals surface area contributed by atoms with Crippen LogP contribution in [0.1, 0.15) is 25.1 Å². The van der Waals surface area contributed by atoms with Gasteiger partial charge in [-0.25, -0.2) is 4.98 Å². The highest BCUT2D eigenvalue weighted by atomic mass is 16.5. The topological polar surface area (TPSA) is 66.2 Å². The van der Waals surface area contributed by atoms with E-state index in [1.807, 2.05) is 24.1 Å². The van der Waals surface area contributed by atoms with Crippen molar-refractivity contribution in [2.45, 2.75) is 25.9 Å². The van der Waals surface area contributed by atoms with Gasteiger partial charge in [0.1, 0.15) is 17.3 Å². The van der Waals surface area contributed by atoms with E-state index in [1.165, 1.54) is 7.11 Å². The van der Waals surface area contributed by atoms with Crippen LogP contribution in [0.15, 0.2) is 18.3 Å². The summed E-state index contributed by atoms with van der Waals surface area (Å²) in [6, 6.07) is 5.53. The number of hydrogen-bond acceptors (Lipinski definition) is 5. The molecule has 1 heterocycles. The molecule has 1 aromatic heterocycles. The van der Waals surface area contributed by atoms with Crippen LogP contribution in [0.3, 0.4) is 0 Å². The predicted octanol–water partition coefficient (Wildman–Crippen LogP) is 1.34. The number of pyridine rings is 1. The summed E-state index contributed by atoms with van der Waals surface area (Å²) in [5, 5.41) is 8.78. The third-order valence-electron chi connectivity index (χ3n) is 3.00. The molecule has 0 unspecified atom stereocenters. The van der Waals surface area contributed by atoms with Crippen molar-refractivity contribution in [3.63, 3.8) is 0 Å². The average molecular weight is 247 g/mol. The number of hydrogen-bond donors (Lipinski definition) is 0. The van der Waals surface area contributed by atoms with Crippen molar-refractivity contribution < 1.29 is 9.53 Å². The van der Waals surface area contributed by atoms with Crippen LogP contribution in [0, 0.1) is 11.3 Å². The van der Waals surface area contributed by atoms with E-state index in [0.29, 0.717) is 12.2 Å². The molecule has 0 aromatic carbocycles. The first-order valence-corrected chi connectivity index (χ1v) is 5.56. The number of carbonyl (C=O) groups is 1. The van der Waals surface area contributed by atoms with E-state index in [0.717, 1.165) is 5.56 Å². The quantitative estimate of drug-likeness (QED) is 0.751. The van der Waals surface area contributed by atoms with Gasteiger partial charge in [-0.3, -0.25) is 9.69 Å². The monoisotopic (exact) mass is 247 g/mol. The van der Waals surface area contributed by atoms with Gasteiger partial charge in [-0.2, -0.15) is 5.26 Å². The molecule has 0 aliphatic heterocycles. The maximum absolute atomic E-state index is 11.7. The summed E-state index contributed by atoms with van der Waals surface area (Å²) >= 11 is 0. The van der Waals surface area contributed by atoms with E-state index in [4.69, 9.17) is 10.00 Å². The lowest BCUT2D eigenvalue weighted by Crippen LogP contribution is -2.48. The molecular formula is C13H17N3O2. The van der Waals surface area contributed by atoms with E-state index in [9.17, 15) is 4.79 Å². The number of rotatable bonds is 4. The van der Waals surface area contributed by atoms with E-state index in [-0.39, 0.29) is 5.97 Å². The van der Waals surface area contributed by atoms with E-state index >= 15 is 0 Å². The summed E-state index contributed by atoms with van der Waals surface area (Å²) in [4.78, 5) is 17.4. The van der Waals surface area contributed by atoms with Crippen molar-refractivity contribution in [1.82, 2.24) is 9.88 Å². The summed E-state index contributed by atoms with van der Waals surface area (Å²) < 4.78 is 4.77. The Balaban J connectivity index is 2.84. The molecule has 0 atom stereocenters. The Morgan fingerprint density at radius 2 is 2.28 bits per heavy atom. The second kappa shape index (κ2) is 5.61. The number of ether oxygens (including phenoxy) is 1. The minimum absolute atomic E-state index is 0.292. The van der Waals surface area contributed by atoms with Gasteiger partial charge in [0, 0.05) is 12.7 Å². The Bertz CT molecular complexity index is 477. The fourth-order valence-corrected chi connectivity index (χ4v) is 1.51. The van der Waals surface area contributed by atoms with Gasteiger partial charge in [0.15, 0.2) is 0 Å². The van der Waals surface area contributed by atoms with Crippen LogP contribution in [-0.4, -0.2) is 35.5 Å². The Morgan fingerprint density at radius 1 is 1.61 bits per heavy atom. The number of likely N-dealkylation sites (N-methyl/N-ethyl adjacent to an activating group) is 1. The maximum Gasteiger partial charge on any atom is 0.325 e. The number of methoxy groups -OCH3 is 1. The molecule has 0 bridgehead atoms. The van der Waals surface area contributed by atoms with Gasteiger partial charge in [0.2, 0.25) is 0 Å². The fraction of sp³-hybridized carbons (Fsp3) is 0.462. The highest BCUT2D eigenvalue weighted by Gasteiger charge is 2.33. The molecule has 0 aliphatic rings. The largest absolute Gasteiger partial charge is 0.468 e. The van der Waals surface area contributed by atoms with Crippen LogP contribution >= 0.6 is 0 Å². The molecule has 0 saturated heterocycles. The zero-order chi connectivity index (χ0) is 13.8. The molecule has 0 radical (unpaired) electrons. The van der Waals surface area contributed by atoms with Crippen LogP contribution in [0.5, 0.6) is 0 Å². The van der Waals surface area contributed by atoms with Gasteiger partial charge in [-0.05, 0) is 38.6 Å². The molecule has 5 nitrogen and oxygen atoms in total. The van der Waals surface area contributed by atoms with Crippen molar-refractivity contribution in [2.75, 3.05) is 14.2 Å². The minimum atomic E-state index is -0.717. The van der Waals surface area contributed by atoms with Crippen molar-refractivity contribution in [3.05, 3.63) is 29.6 Å². The number of nitrogens with zero attached hydrogens (tertiary/aromatic N) is 3. The molecule has 96 valence electrons. The third kappa shape index (κ3) is 3.05. The first-order chi connectivity index (χ1) is 8.41. The van der Waals surface area contributed by atoms with Crippen LogP contribution in [0.2, 0.25) is 0 Å². The first-order valence-electron chi connectivity index (χ1n) is 5.56. The minimum Gasteiger partial charge on any atom is -0.468 e. The molecule has 0 amide bonds. The van der Waals surface area contributed by atoms with E-state index in [2.05, 4.69) is 4.98 Å². The average Bonchev–Trinajstić information content (AvgIpc) is 2.37. The Kier molecular flexibility index (Phi) is 4.40. The Labute approximate surface area is 107 Å². The van der Waals surface area contributed by atoms with Gasteiger partial charge in [-0.1, -0.05) is 0 Å². The molecule has 0 spiro atoms. The zero-order valence-corrected chi connectivity index (χ0v) is 11.1. The summed E-state index contributed by atoms with van der Waals surface area (Å²) in [6.07, 6.45) is 1.59. The van der Waals surface area contributed by atoms with Gasteiger partial charge >= 0.3 is 5.97 Å². The fourth-order valence-electron chi connectivity index (χ4n) is 1.51. The van der Waals surface area contributed by atoms with E-state index < -0.39 is 5.54 Å². The molecule has 0 saturated carbocycles. The highest BCUT2D eigenvalue weighted by Crippen LogP contribution is 2.17. The van der Waals surface area contributed by atoms with Gasteiger partial charge < -0.3 is 4.74 Å². The second-order valence-corrected chi connectivity index (χ2v) is 4.57. The zero-order valence-electron chi connectivity index (χ0n) is 11.1. The Hall–Kier alpha value is -1.93. The van der Waals surface area contributed by atoms with Crippen LogP contribution in [0.25, 0.3) is 0 Å². The van der Waals surface area contributed by atoms with Gasteiger partial charge in [0.25, 0.3) is 0 Å². The van der Waals surface area contributed by atoms with Gasteiger partial charge in [0.05, 0.1) is 7.11 Å². The summed E-state index contributed by atoms with van der Waals surface area (Å²) in [6.45, 7) is 4.13. The lowest BCUT2D eigenvalue weighted by atomic mass is 10.0. The molecule has 1 rings (SSSR count). The first kappa shape index (κ1) is 14.1. The van der Waals surface area contributed by atoms with Crippen molar-refractivity contribution in [1.29, 1.82) is 5.26 Å². The molecule has 18 heavy (non-hydrogen) atoms. The van der Waals surface area contributed by atoms with Crippen LogP contribution in [0.4, 0.5) is 0 Å². The predicted molar refractivity (Wildman–Crippen MR) is 66.5 cm³/mol. The van der Waals surface area contributed by atoms with Gasteiger partial charge in [-0.15, -0.1) is 0 Å². The van der Waals surface area contributed by atoms with E-state index in [1.54, 1.807) is 26.1 Å². The summed E-state index contributed by atoms with van der Waals surface area (Å²) in [5.41, 5.74) is 0.586. The number of nitriles is 1. The molecule has 0 fully saturated rings. The number of carbonyl (C=O) groups excluding carboxylic acids is 1. The standard InChI is InChI=1S/C13H17N3O2/c1-13(2,12(17)18-4)16(3)9-10-5-6-15-11(7-10)8-14/h5-7H,9H2,1-4H3. The Morgan fingerprint density at radius 3 is 2.83 bits per heavy atom. The third-order valence-corrected chi connectivity index (χ3v) is 3.00. The van der Waals surface area contributed by atoms with Crippen molar-refractivity contribution in [2.24, 2.45) is 0 Å². The molecule has 5 heteroatoms. The molecule has 0 aliphatic carbocycles. The number of esters is 1. The summed E-state index contributed by atoms with van der Waals surface area (Å²) in [7, 11) is 3.21. The summed E-state index contributed by atoms with van der Waals surface area (Å²) in [5.74, 6) is -0.292. The highest BCUT2D eigenvalue weighted by molar-refractivity contribution is 5.79. The van der Waals surface area contributed by atoms with Crippen molar-refractivity contribution in [3.8, 4) is 6.07 Å². The second-order valence-electron chi connectivity index (χ2n) is 4.57. The van der Waals surface area contributed by atoms with Crippen molar-refractivity contribution >= 4 is 5.97 Å². The molecule has 0 N–H and O–H groups in total.